The summed E-state index contributed by atoms with van der Waals surface area (Å²) in [6.45, 7) is 0.0568. The molecule has 0 unspecified atom stereocenters. The average molecular weight is 166 g/mol. The molecule has 0 aliphatic heterocycles. The molecule has 0 aliphatic rings. The molecule has 2 aromatic rings. The van der Waals surface area contributed by atoms with Gasteiger partial charge in [0.2, 0.25) is 0 Å². The Balaban J connectivity index is 2.79. The Bertz CT molecular complexity index is 371. The van der Waals surface area contributed by atoms with Crippen LogP contribution in [0.2, 0.25) is 0 Å². The van der Waals surface area contributed by atoms with Crippen molar-refractivity contribution < 1.29 is 5.11 Å². The van der Waals surface area contributed by atoms with E-state index in [-0.39, 0.29) is 6.61 Å². The fourth-order valence-electron chi connectivity index (χ4n) is 0.985. The van der Waals surface area contributed by atoms with Gasteiger partial charge in [-0.3, -0.25) is 0 Å². The number of hydrogen-bond donors (Lipinski definition) is 1. The second kappa shape index (κ2) is 2.56. The number of aliphatic hydroxyl groups excluding tert-OH is 1. The van der Waals surface area contributed by atoms with Gasteiger partial charge in [-0.25, -0.2) is 0 Å². The molecular weight excluding hydrogens is 160 g/mol. The largest absolute Gasteiger partial charge is 0.392 e. The summed E-state index contributed by atoms with van der Waals surface area (Å²) in [4.78, 5) is 0. The van der Waals surface area contributed by atoms with Crippen molar-refractivity contribution in [3.8, 4) is 0 Å². The van der Waals surface area contributed by atoms with E-state index in [1.54, 1.807) is 0 Å². The highest BCUT2D eigenvalue weighted by atomic mass is 32.1. The van der Waals surface area contributed by atoms with Crippen LogP contribution in [0.1, 0.15) is 5.56 Å². The Morgan fingerprint density at radius 3 is 3.18 bits per heavy atom. The highest BCUT2D eigenvalue weighted by Crippen LogP contribution is 2.19. The lowest BCUT2D eigenvalue weighted by Crippen LogP contribution is -1.81. The van der Waals surface area contributed by atoms with Gasteiger partial charge < -0.3 is 5.11 Å². The van der Waals surface area contributed by atoms with Gasteiger partial charge in [0.25, 0.3) is 0 Å². The Hall–Kier alpha value is -1.00. The molecule has 1 aromatic carbocycles. The maximum Gasteiger partial charge on any atom is 0.106 e. The van der Waals surface area contributed by atoms with Crippen LogP contribution in [-0.4, -0.2) is 14.7 Å². The Labute approximate surface area is 67.5 Å². The molecule has 4 heteroatoms. The lowest BCUT2D eigenvalue weighted by Gasteiger charge is -1.93. The summed E-state index contributed by atoms with van der Waals surface area (Å²) in [5, 5.41) is 12.8. The number of fused-ring (bicyclic) bond motifs is 1. The molecule has 11 heavy (non-hydrogen) atoms. The summed E-state index contributed by atoms with van der Waals surface area (Å²) in [5.74, 6) is 0. The van der Waals surface area contributed by atoms with E-state index in [4.69, 9.17) is 5.11 Å². The molecule has 1 aromatic heterocycles. The molecule has 0 radical (unpaired) electrons. The summed E-state index contributed by atoms with van der Waals surface area (Å²) in [6.07, 6.45) is 0. The summed E-state index contributed by atoms with van der Waals surface area (Å²) in [5.41, 5.74) is 1.76. The SMILES string of the molecule is OCc1cccc2nnsc12. The van der Waals surface area contributed by atoms with Crippen molar-refractivity contribution >= 4 is 21.7 Å². The monoisotopic (exact) mass is 166 g/mol. The summed E-state index contributed by atoms with van der Waals surface area (Å²) in [7, 11) is 0. The molecule has 1 N–H and O–H groups in total. The zero-order chi connectivity index (χ0) is 7.68. The smallest absolute Gasteiger partial charge is 0.106 e. The fraction of sp³-hybridized carbons (Fsp3) is 0.143. The van der Waals surface area contributed by atoms with Crippen LogP contribution >= 0.6 is 11.5 Å². The number of benzene rings is 1. The molecule has 0 saturated carbocycles. The van der Waals surface area contributed by atoms with E-state index >= 15 is 0 Å². The number of hydrogen-bond acceptors (Lipinski definition) is 4. The normalized spacial score (nSPS) is 10.6. The van der Waals surface area contributed by atoms with Crippen LogP contribution in [0.3, 0.4) is 0 Å². The predicted molar refractivity (Wildman–Crippen MR) is 43.3 cm³/mol. The first kappa shape index (κ1) is 6.69. The van der Waals surface area contributed by atoms with Crippen molar-refractivity contribution in [2.45, 2.75) is 6.61 Å². The number of rotatable bonds is 1. The van der Waals surface area contributed by atoms with Gasteiger partial charge >= 0.3 is 0 Å². The zero-order valence-electron chi connectivity index (χ0n) is 5.69. The number of nitrogens with zero attached hydrogens (tertiary/aromatic N) is 2. The molecule has 0 fully saturated rings. The van der Waals surface area contributed by atoms with Crippen LogP contribution in [-0.2, 0) is 6.61 Å². The molecular formula is C7H6N2OS. The minimum atomic E-state index is 0.0568. The summed E-state index contributed by atoms with van der Waals surface area (Å²) < 4.78 is 4.77. The third-order valence-corrected chi connectivity index (χ3v) is 2.34. The lowest BCUT2D eigenvalue weighted by atomic mass is 10.2. The minimum absolute atomic E-state index is 0.0568. The van der Waals surface area contributed by atoms with Crippen molar-refractivity contribution in [1.29, 1.82) is 0 Å². The molecule has 3 nitrogen and oxygen atoms in total. The molecule has 0 amide bonds. The van der Waals surface area contributed by atoms with Gasteiger partial charge in [0.15, 0.2) is 0 Å². The average Bonchev–Trinajstić information content (AvgIpc) is 2.50. The zero-order valence-corrected chi connectivity index (χ0v) is 6.51. The van der Waals surface area contributed by atoms with Gasteiger partial charge in [0.05, 0.1) is 11.3 Å². The van der Waals surface area contributed by atoms with E-state index < -0.39 is 0 Å². The van der Waals surface area contributed by atoms with Crippen LogP contribution in [0.5, 0.6) is 0 Å². The Morgan fingerprint density at radius 2 is 2.36 bits per heavy atom. The van der Waals surface area contributed by atoms with E-state index in [0.717, 1.165) is 15.8 Å². The van der Waals surface area contributed by atoms with Gasteiger partial charge in [-0.15, -0.1) is 5.10 Å². The third kappa shape index (κ3) is 1.00. The third-order valence-electron chi connectivity index (χ3n) is 1.53. The van der Waals surface area contributed by atoms with Gasteiger partial charge in [0, 0.05) is 0 Å². The second-order valence-corrected chi connectivity index (χ2v) is 2.95. The van der Waals surface area contributed by atoms with E-state index in [2.05, 4.69) is 9.59 Å². The van der Waals surface area contributed by atoms with Crippen molar-refractivity contribution in [1.82, 2.24) is 9.59 Å². The van der Waals surface area contributed by atoms with E-state index in [1.807, 2.05) is 18.2 Å². The maximum absolute atomic E-state index is 8.91. The fourth-order valence-corrected chi connectivity index (χ4v) is 1.65. The first-order valence-corrected chi connectivity index (χ1v) is 4.00. The second-order valence-electron chi connectivity index (χ2n) is 2.20. The molecule has 2 rings (SSSR count). The van der Waals surface area contributed by atoms with Crippen molar-refractivity contribution in [3.05, 3.63) is 23.8 Å². The predicted octanol–water partition coefficient (Wildman–Crippen LogP) is 1.18. The minimum Gasteiger partial charge on any atom is -0.392 e. The molecule has 0 bridgehead atoms. The molecule has 0 saturated heterocycles. The van der Waals surface area contributed by atoms with Crippen molar-refractivity contribution in [3.63, 3.8) is 0 Å². The topological polar surface area (TPSA) is 46.0 Å². The highest BCUT2D eigenvalue weighted by molar-refractivity contribution is 7.13. The number of aliphatic hydroxyl groups is 1. The van der Waals surface area contributed by atoms with Crippen LogP contribution in [0.15, 0.2) is 18.2 Å². The van der Waals surface area contributed by atoms with E-state index in [0.29, 0.717) is 0 Å². The van der Waals surface area contributed by atoms with Crippen LogP contribution in [0.25, 0.3) is 10.2 Å². The van der Waals surface area contributed by atoms with Crippen molar-refractivity contribution in [2.24, 2.45) is 0 Å². The first-order valence-electron chi connectivity index (χ1n) is 3.22. The van der Waals surface area contributed by atoms with Gasteiger partial charge in [-0.1, -0.05) is 16.6 Å². The van der Waals surface area contributed by atoms with Gasteiger partial charge in [0.1, 0.15) is 5.52 Å². The Kier molecular flexibility index (Phi) is 1.56. The van der Waals surface area contributed by atoms with Crippen LogP contribution in [0, 0.1) is 0 Å². The molecule has 0 spiro atoms. The summed E-state index contributed by atoms with van der Waals surface area (Å²) in [6, 6.07) is 5.63. The van der Waals surface area contributed by atoms with Crippen LogP contribution in [0.4, 0.5) is 0 Å². The van der Waals surface area contributed by atoms with Gasteiger partial charge in [-0.05, 0) is 23.2 Å². The van der Waals surface area contributed by atoms with E-state index in [9.17, 15) is 0 Å². The van der Waals surface area contributed by atoms with E-state index in [1.165, 1.54) is 11.5 Å². The number of aromatic nitrogens is 2. The maximum atomic E-state index is 8.91. The van der Waals surface area contributed by atoms with Gasteiger partial charge in [-0.2, -0.15) is 0 Å². The standard InChI is InChI=1S/C7H6N2OS/c10-4-5-2-1-3-6-7(5)11-9-8-6/h1-3,10H,4H2. The molecule has 1 heterocycles. The molecule has 0 aliphatic carbocycles. The summed E-state index contributed by atoms with van der Waals surface area (Å²) >= 11 is 1.32. The molecule has 0 atom stereocenters. The highest BCUT2D eigenvalue weighted by Gasteiger charge is 2.01. The van der Waals surface area contributed by atoms with Crippen molar-refractivity contribution in [2.75, 3.05) is 0 Å². The molecule has 56 valence electrons. The Morgan fingerprint density at radius 1 is 1.45 bits per heavy atom. The lowest BCUT2D eigenvalue weighted by molar-refractivity contribution is 0.283. The quantitative estimate of drug-likeness (QED) is 0.692. The van der Waals surface area contributed by atoms with Crippen LogP contribution < -0.4 is 0 Å². The first-order chi connectivity index (χ1) is 5.42.